The summed E-state index contributed by atoms with van der Waals surface area (Å²) in [6, 6.07) is 20.5. The zero-order valence-corrected chi connectivity index (χ0v) is 26.7. The van der Waals surface area contributed by atoms with Gasteiger partial charge in [0.2, 0.25) is 0 Å². The number of aromatic nitrogens is 3. The number of anilines is 1. The molecule has 2 fully saturated rings. The smallest absolute Gasteiger partial charge is 0.334 e. The highest BCUT2D eigenvalue weighted by molar-refractivity contribution is 5.97. The second-order valence-electron chi connectivity index (χ2n) is 13.1. The Morgan fingerprint density at radius 2 is 1.72 bits per heavy atom. The molecule has 2 N–H and O–H groups in total. The van der Waals surface area contributed by atoms with Gasteiger partial charge in [-0.25, -0.2) is 9.78 Å². The fourth-order valence-corrected chi connectivity index (χ4v) is 6.97. The van der Waals surface area contributed by atoms with Crippen LogP contribution in [0.15, 0.2) is 83.3 Å². The molecule has 0 saturated carbocycles. The minimum Gasteiger partial charge on any atom is -0.457 e. The van der Waals surface area contributed by atoms with Crippen LogP contribution in [0.1, 0.15) is 45.6 Å². The van der Waals surface area contributed by atoms with E-state index in [-0.39, 0.29) is 34.4 Å². The minimum absolute atomic E-state index is 0.172. The number of nitrogens with zero attached hydrogens (tertiary/aromatic N) is 6. The van der Waals surface area contributed by atoms with Crippen molar-refractivity contribution in [1.82, 2.24) is 23.9 Å². The van der Waals surface area contributed by atoms with Gasteiger partial charge in [0.25, 0.3) is 5.91 Å². The minimum atomic E-state index is -0.293. The maximum absolute atomic E-state index is 14.2. The summed E-state index contributed by atoms with van der Waals surface area (Å²) in [6.45, 7) is 7.12. The molecule has 2 aromatic heterocycles. The van der Waals surface area contributed by atoms with Crippen molar-refractivity contribution in [2.75, 3.05) is 39.0 Å². The van der Waals surface area contributed by atoms with Crippen LogP contribution >= 0.6 is 0 Å². The topological polar surface area (TPSA) is 122 Å². The van der Waals surface area contributed by atoms with Crippen LogP contribution in [0.4, 0.5) is 5.82 Å². The van der Waals surface area contributed by atoms with Gasteiger partial charge in [0.05, 0.1) is 17.2 Å². The molecular formula is C36H41N7O3. The second-order valence-corrected chi connectivity index (χ2v) is 13.1. The first-order valence-corrected chi connectivity index (χ1v) is 16.0. The molecule has 2 aromatic carbocycles. The van der Waals surface area contributed by atoms with Crippen molar-refractivity contribution in [3.8, 4) is 23.3 Å². The number of nitrogen functional groups attached to an aromatic ring is 1. The van der Waals surface area contributed by atoms with Gasteiger partial charge in [0.15, 0.2) is 0 Å². The first kappa shape index (κ1) is 31.1. The van der Waals surface area contributed by atoms with Gasteiger partial charge in [-0.2, -0.15) is 5.26 Å². The predicted octanol–water partition coefficient (Wildman–Crippen LogP) is 5.54. The molecule has 10 nitrogen and oxygen atoms in total. The fraction of sp³-hybridized carbons (Fsp3) is 0.389. The molecule has 0 aliphatic carbocycles. The van der Waals surface area contributed by atoms with Crippen molar-refractivity contribution < 1.29 is 9.53 Å². The van der Waals surface area contributed by atoms with Crippen LogP contribution < -0.4 is 16.2 Å². The lowest BCUT2D eigenvalue weighted by atomic mass is 9.72. The van der Waals surface area contributed by atoms with Crippen molar-refractivity contribution in [3.05, 3.63) is 89.0 Å². The van der Waals surface area contributed by atoms with Crippen LogP contribution in [0.3, 0.4) is 0 Å². The zero-order valence-electron chi connectivity index (χ0n) is 26.7. The number of nitrogens with two attached hydrogens (primary N) is 1. The number of rotatable bonds is 7. The van der Waals surface area contributed by atoms with Crippen LogP contribution in [0, 0.1) is 22.7 Å². The standard InChI is InChI=1S/C36H41N7O3/c1-36(2,26-16-20-40(3)21-17-26)22-25(23-37)34(44)41-19-7-8-28(24-41)42-31-15-18-39-33(38)32(31)43(35(42)45)27-11-13-30(14-12-27)46-29-9-5-4-6-10-29/h4-6,9-15,18,22,26,28H,7-8,16-17,19-21,24H2,1-3H3,(H2,38,39)/b25-22+. The number of nitriles is 1. The van der Waals surface area contributed by atoms with E-state index >= 15 is 0 Å². The van der Waals surface area contributed by atoms with Gasteiger partial charge in [-0.1, -0.05) is 38.1 Å². The van der Waals surface area contributed by atoms with Gasteiger partial charge in [-0.15, -0.1) is 0 Å². The molecule has 1 atom stereocenters. The highest BCUT2D eigenvalue weighted by atomic mass is 16.5. The number of para-hydroxylation sites is 1. The van der Waals surface area contributed by atoms with Crippen LogP contribution in [0.25, 0.3) is 16.7 Å². The number of benzene rings is 2. The van der Waals surface area contributed by atoms with Crippen molar-refractivity contribution in [1.29, 1.82) is 5.26 Å². The lowest BCUT2D eigenvalue weighted by Crippen LogP contribution is -2.43. The number of pyridine rings is 1. The van der Waals surface area contributed by atoms with Crippen LogP contribution in [-0.2, 0) is 4.79 Å². The molecule has 6 rings (SSSR count). The first-order chi connectivity index (χ1) is 22.2. The molecule has 1 unspecified atom stereocenters. The van der Waals surface area contributed by atoms with E-state index in [1.807, 2.05) is 60.7 Å². The molecule has 0 spiro atoms. The molecule has 10 heteroatoms. The number of ether oxygens (including phenoxy) is 1. The lowest BCUT2D eigenvalue weighted by Gasteiger charge is -2.38. The number of fused-ring (bicyclic) bond motifs is 1. The zero-order chi connectivity index (χ0) is 32.4. The monoisotopic (exact) mass is 619 g/mol. The average Bonchev–Trinajstić information content (AvgIpc) is 3.37. The number of carbonyl (C=O) groups is 1. The van der Waals surface area contributed by atoms with E-state index in [1.54, 1.807) is 26.3 Å². The molecular weight excluding hydrogens is 578 g/mol. The van der Waals surface area contributed by atoms with Gasteiger partial charge in [-0.3, -0.25) is 13.9 Å². The van der Waals surface area contributed by atoms with Gasteiger partial charge in [0, 0.05) is 19.3 Å². The summed E-state index contributed by atoms with van der Waals surface area (Å²) in [4.78, 5) is 36.3. The number of amides is 1. The van der Waals surface area contributed by atoms with Gasteiger partial charge in [-0.05, 0) is 99.6 Å². The molecule has 4 aromatic rings. The molecule has 0 bridgehead atoms. The van der Waals surface area contributed by atoms with E-state index < -0.39 is 0 Å². The van der Waals surface area contributed by atoms with Crippen molar-refractivity contribution in [2.24, 2.45) is 11.3 Å². The van der Waals surface area contributed by atoms with Crippen LogP contribution in [0.5, 0.6) is 11.5 Å². The maximum atomic E-state index is 14.2. The third-order valence-corrected chi connectivity index (χ3v) is 9.57. The SMILES string of the molecule is CN1CCC(C(C)(C)/C=C(\C#N)C(=O)N2CCCC(n3c(=O)n(-c4ccc(Oc5ccccc5)cc4)c4c(N)nccc43)C2)CC1. The molecule has 46 heavy (non-hydrogen) atoms. The molecule has 4 heterocycles. The third kappa shape index (κ3) is 6.15. The summed E-state index contributed by atoms with van der Waals surface area (Å²) < 4.78 is 9.26. The summed E-state index contributed by atoms with van der Waals surface area (Å²) in [5, 5.41) is 10.1. The summed E-state index contributed by atoms with van der Waals surface area (Å²) in [7, 11) is 2.13. The van der Waals surface area contributed by atoms with Crippen molar-refractivity contribution >= 4 is 22.8 Å². The number of likely N-dealkylation sites (tertiary alicyclic amines) is 2. The Morgan fingerprint density at radius 3 is 2.41 bits per heavy atom. The van der Waals surface area contributed by atoms with E-state index in [1.165, 1.54) is 0 Å². The van der Waals surface area contributed by atoms with Crippen LogP contribution in [0.2, 0.25) is 0 Å². The highest BCUT2D eigenvalue weighted by Crippen LogP contribution is 2.37. The van der Waals surface area contributed by atoms with Crippen molar-refractivity contribution in [3.63, 3.8) is 0 Å². The van der Waals surface area contributed by atoms with Gasteiger partial charge in [0.1, 0.15) is 34.5 Å². The van der Waals surface area contributed by atoms with Crippen molar-refractivity contribution in [2.45, 2.75) is 45.6 Å². The third-order valence-electron chi connectivity index (χ3n) is 9.57. The summed E-state index contributed by atoms with van der Waals surface area (Å²) in [6.07, 6.45) is 6.96. The first-order valence-electron chi connectivity index (χ1n) is 16.0. The van der Waals surface area contributed by atoms with Crippen LogP contribution in [-0.4, -0.2) is 63.1 Å². The Hall–Kier alpha value is -4.88. The summed E-state index contributed by atoms with van der Waals surface area (Å²) >= 11 is 0. The summed E-state index contributed by atoms with van der Waals surface area (Å²) in [5.74, 6) is 1.72. The number of hydrogen-bond acceptors (Lipinski definition) is 7. The van der Waals surface area contributed by atoms with E-state index in [0.29, 0.717) is 60.1 Å². The number of imidazole rings is 1. The van der Waals surface area contributed by atoms with E-state index in [9.17, 15) is 14.9 Å². The number of piperidine rings is 2. The molecule has 1 amide bonds. The Bertz CT molecular complexity index is 1840. The Labute approximate surface area is 269 Å². The Balaban J connectivity index is 1.28. The normalized spacial score (nSPS) is 18.4. The highest BCUT2D eigenvalue weighted by Gasteiger charge is 2.34. The van der Waals surface area contributed by atoms with E-state index in [0.717, 1.165) is 25.9 Å². The maximum Gasteiger partial charge on any atom is 0.334 e. The number of hydrogen-bond donors (Lipinski definition) is 1. The molecule has 2 aliphatic heterocycles. The van der Waals surface area contributed by atoms with Gasteiger partial charge < -0.3 is 20.3 Å². The number of allylic oxidation sites excluding steroid dienone is 1. The number of carbonyl (C=O) groups excluding carboxylic acids is 1. The van der Waals surface area contributed by atoms with E-state index in [4.69, 9.17) is 10.5 Å². The largest absolute Gasteiger partial charge is 0.457 e. The fourth-order valence-electron chi connectivity index (χ4n) is 6.97. The van der Waals surface area contributed by atoms with E-state index in [2.05, 4.69) is 36.8 Å². The average molecular weight is 620 g/mol. The van der Waals surface area contributed by atoms with Gasteiger partial charge >= 0.3 is 5.69 Å². The Kier molecular flexibility index (Phi) is 8.69. The Morgan fingerprint density at radius 1 is 1.02 bits per heavy atom. The second kappa shape index (κ2) is 12.9. The molecule has 2 saturated heterocycles. The molecule has 238 valence electrons. The molecule has 2 aliphatic rings. The predicted molar refractivity (Wildman–Crippen MR) is 179 cm³/mol. The quantitative estimate of drug-likeness (QED) is 0.213. The lowest BCUT2D eigenvalue weighted by molar-refractivity contribution is -0.128. The summed E-state index contributed by atoms with van der Waals surface area (Å²) in [5.41, 5.74) is 7.81. The molecule has 0 radical (unpaired) electrons.